The quantitative estimate of drug-likeness (QED) is 0.732. The molecule has 0 spiro atoms. The van der Waals surface area contributed by atoms with Gasteiger partial charge in [-0.15, -0.1) is 11.3 Å². The Bertz CT molecular complexity index is 938. The Balaban J connectivity index is 1.77. The lowest BCUT2D eigenvalue weighted by Crippen LogP contribution is -2.16. The largest absolute Gasteiger partial charge is 0.454 e. The first-order valence-electron chi connectivity index (χ1n) is 7.27. The molecule has 3 aromatic rings. The second-order valence-corrected chi connectivity index (χ2v) is 7.11. The fraction of sp³-hybridized carbons (Fsp3) is 0.250. The molecule has 118 valence electrons. The summed E-state index contributed by atoms with van der Waals surface area (Å²) in [5, 5.41) is 1.97. The Hall–Kier alpha value is -2.12. The van der Waals surface area contributed by atoms with E-state index in [0.29, 0.717) is 11.2 Å². The van der Waals surface area contributed by atoms with Gasteiger partial charge < -0.3 is 14.0 Å². The van der Waals surface area contributed by atoms with E-state index >= 15 is 0 Å². The van der Waals surface area contributed by atoms with Gasteiger partial charge in [0.25, 0.3) is 5.91 Å². The van der Waals surface area contributed by atoms with Gasteiger partial charge in [-0.05, 0) is 18.4 Å². The van der Waals surface area contributed by atoms with Gasteiger partial charge in [-0.2, -0.15) is 4.99 Å². The van der Waals surface area contributed by atoms with E-state index in [9.17, 15) is 4.79 Å². The maximum absolute atomic E-state index is 12.2. The number of nitrogens with zero attached hydrogens (tertiary/aromatic N) is 2. The molecule has 4 rings (SSSR count). The molecule has 0 aliphatic carbocycles. The second kappa shape index (κ2) is 5.82. The molecule has 3 heterocycles. The SMILES string of the molecule is CCn1c(=NC(=O)Cc2cccs2)sc2cc3c(cc21)OCO3. The predicted octanol–water partition coefficient (Wildman–Crippen LogP) is 3.18. The summed E-state index contributed by atoms with van der Waals surface area (Å²) >= 11 is 3.07. The zero-order chi connectivity index (χ0) is 15.8. The van der Waals surface area contributed by atoms with Gasteiger partial charge in [0.1, 0.15) is 0 Å². The highest BCUT2D eigenvalue weighted by molar-refractivity contribution is 7.16. The number of rotatable bonds is 3. The van der Waals surface area contributed by atoms with E-state index in [0.717, 1.165) is 33.1 Å². The number of thiophene rings is 1. The molecule has 1 aromatic carbocycles. The van der Waals surface area contributed by atoms with E-state index in [2.05, 4.69) is 4.99 Å². The number of aromatic nitrogens is 1. The molecule has 0 atom stereocenters. The van der Waals surface area contributed by atoms with E-state index in [-0.39, 0.29) is 12.7 Å². The third-order valence-corrected chi connectivity index (χ3v) is 5.54. The zero-order valence-electron chi connectivity index (χ0n) is 12.4. The van der Waals surface area contributed by atoms with E-state index in [1.165, 1.54) is 11.3 Å². The molecule has 1 aliphatic rings. The monoisotopic (exact) mass is 346 g/mol. The lowest BCUT2D eigenvalue weighted by atomic mass is 10.3. The van der Waals surface area contributed by atoms with Gasteiger partial charge in [-0.3, -0.25) is 4.79 Å². The molecule has 2 aromatic heterocycles. The van der Waals surface area contributed by atoms with Gasteiger partial charge in [-0.25, -0.2) is 0 Å². The van der Waals surface area contributed by atoms with Crippen LogP contribution in [-0.4, -0.2) is 17.3 Å². The highest BCUT2D eigenvalue weighted by Gasteiger charge is 2.17. The number of amides is 1. The van der Waals surface area contributed by atoms with Crippen molar-refractivity contribution in [3.8, 4) is 11.5 Å². The van der Waals surface area contributed by atoms with E-state index in [4.69, 9.17) is 9.47 Å². The minimum atomic E-state index is -0.124. The van der Waals surface area contributed by atoms with Crippen molar-refractivity contribution < 1.29 is 14.3 Å². The number of ether oxygens (including phenoxy) is 2. The van der Waals surface area contributed by atoms with E-state index in [1.807, 2.05) is 41.1 Å². The molecular formula is C16H14N2O3S2. The van der Waals surface area contributed by atoms with Crippen LogP contribution >= 0.6 is 22.7 Å². The average molecular weight is 346 g/mol. The molecule has 7 heteroatoms. The smallest absolute Gasteiger partial charge is 0.253 e. The Morgan fingerprint density at radius 2 is 2.17 bits per heavy atom. The van der Waals surface area contributed by atoms with Crippen molar-refractivity contribution in [3.05, 3.63) is 39.3 Å². The Labute approximate surface area is 140 Å². The van der Waals surface area contributed by atoms with Gasteiger partial charge in [-0.1, -0.05) is 17.4 Å². The first-order valence-corrected chi connectivity index (χ1v) is 8.97. The normalized spacial score (nSPS) is 13.9. The lowest BCUT2D eigenvalue weighted by Gasteiger charge is -2.01. The molecule has 0 N–H and O–H groups in total. The predicted molar refractivity (Wildman–Crippen MR) is 90.2 cm³/mol. The van der Waals surface area contributed by atoms with E-state index < -0.39 is 0 Å². The van der Waals surface area contributed by atoms with Crippen LogP contribution in [0.15, 0.2) is 34.6 Å². The van der Waals surface area contributed by atoms with Crippen LogP contribution in [0.4, 0.5) is 0 Å². The molecule has 0 saturated heterocycles. The maximum atomic E-state index is 12.2. The highest BCUT2D eigenvalue weighted by atomic mass is 32.1. The summed E-state index contributed by atoms with van der Waals surface area (Å²) in [5.41, 5.74) is 1.02. The molecule has 0 unspecified atom stereocenters. The van der Waals surface area contributed by atoms with Crippen LogP contribution in [0.3, 0.4) is 0 Å². The summed E-state index contributed by atoms with van der Waals surface area (Å²) in [6.07, 6.45) is 0.346. The summed E-state index contributed by atoms with van der Waals surface area (Å²) in [7, 11) is 0. The van der Waals surface area contributed by atoms with Crippen LogP contribution in [0.2, 0.25) is 0 Å². The molecule has 1 aliphatic heterocycles. The first-order chi connectivity index (χ1) is 11.2. The van der Waals surface area contributed by atoms with Crippen LogP contribution in [0.25, 0.3) is 10.2 Å². The molecular weight excluding hydrogens is 332 g/mol. The lowest BCUT2D eigenvalue weighted by molar-refractivity contribution is -0.117. The zero-order valence-corrected chi connectivity index (χ0v) is 14.1. The summed E-state index contributed by atoms with van der Waals surface area (Å²) in [6.45, 7) is 3.04. The number of fused-ring (bicyclic) bond motifs is 2. The number of benzene rings is 1. The van der Waals surface area contributed by atoms with Crippen molar-refractivity contribution in [2.24, 2.45) is 4.99 Å². The van der Waals surface area contributed by atoms with Crippen molar-refractivity contribution in [2.45, 2.75) is 19.9 Å². The summed E-state index contributed by atoms with van der Waals surface area (Å²) in [5.74, 6) is 1.37. The Kier molecular flexibility index (Phi) is 3.66. The minimum Gasteiger partial charge on any atom is -0.454 e. The number of carbonyl (C=O) groups is 1. The van der Waals surface area contributed by atoms with Crippen LogP contribution in [0, 0.1) is 0 Å². The molecule has 1 amide bonds. The summed E-state index contributed by atoms with van der Waals surface area (Å²) < 4.78 is 13.9. The standard InChI is InChI=1S/C16H14N2O3S2/c1-2-18-11-7-12-13(21-9-20-12)8-14(11)23-16(18)17-15(19)6-10-4-3-5-22-10/h3-5,7-8H,2,6,9H2,1H3. The second-order valence-electron chi connectivity index (χ2n) is 5.06. The Morgan fingerprint density at radius 3 is 2.91 bits per heavy atom. The van der Waals surface area contributed by atoms with E-state index in [1.54, 1.807) is 11.3 Å². The van der Waals surface area contributed by atoms with Gasteiger partial charge in [0.2, 0.25) is 6.79 Å². The van der Waals surface area contributed by atoms with Gasteiger partial charge in [0.05, 0.1) is 16.6 Å². The number of carbonyl (C=O) groups excluding carboxylic acids is 1. The fourth-order valence-electron chi connectivity index (χ4n) is 2.56. The van der Waals surface area contributed by atoms with Crippen LogP contribution in [-0.2, 0) is 17.8 Å². The third-order valence-electron chi connectivity index (χ3n) is 3.62. The summed E-state index contributed by atoms with van der Waals surface area (Å²) in [4.78, 5) is 18.3. The molecule has 0 bridgehead atoms. The van der Waals surface area contributed by atoms with Crippen molar-refractivity contribution >= 4 is 38.8 Å². The molecule has 0 radical (unpaired) electrons. The maximum Gasteiger partial charge on any atom is 0.253 e. The minimum absolute atomic E-state index is 0.124. The number of hydrogen-bond acceptors (Lipinski definition) is 5. The van der Waals surface area contributed by atoms with Crippen LogP contribution < -0.4 is 14.3 Å². The molecule has 23 heavy (non-hydrogen) atoms. The number of hydrogen-bond donors (Lipinski definition) is 0. The van der Waals surface area contributed by atoms with Gasteiger partial charge in [0, 0.05) is 23.6 Å². The van der Waals surface area contributed by atoms with Crippen LogP contribution in [0.5, 0.6) is 11.5 Å². The first kappa shape index (κ1) is 14.5. The molecule has 0 fully saturated rings. The molecule has 5 nitrogen and oxygen atoms in total. The van der Waals surface area contributed by atoms with Crippen molar-refractivity contribution in [2.75, 3.05) is 6.79 Å². The van der Waals surface area contributed by atoms with Crippen LogP contribution in [0.1, 0.15) is 11.8 Å². The number of thiazole rings is 1. The topological polar surface area (TPSA) is 52.8 Å². The fourth-order valence-corrected chi connectivity index (χ4v) is 4.38. The van der Waals surface area contributed by atoms with Crippen molar-refractivity contribution in [1.82, 2.24) is 4.57 Å². The Morgan fingerprint density at radius 1 is 1.35 bits per heavy atom. The third kappa shape index (κ3) is 2.66. The van der Waals surface area contributed by atoms with Gasteiger partial charge in [0.15, 0.2) is 16.3 Å². The highest BCUT2D eigenvalue weighted by Crippen LogP contribution is 2.36. The van der Waals surface area contributed by atoms with Crippen molar-refractivity contribution in [1.29, 1.82) is 0 Å². The molecule has 0 saturated carbocycles. The van der Waals surface area contributed by atoms with Crippen molar-refractivity contribution in [3.63, 3.8) is 0 Å². The number of aryl methyl sites for hydroxylation is 1. The van der Waals surface area contributed by atoms with Gasteiger partial charge >= 0.3 is 0 Å². The average Bonchev–Trinajstić information content (AvgIpc) is 3.23. The summed E-state index contributed by atoms with van der Waals surface area (Å²) in [6, 6.07) is 7.81.